The molecule has 5 heteroatoms. The van der Waals surface area contributed by atoms with Crippen LogP contribution in [0, 0.1) is 0 Å². The number of fused-ring (bicyclic) bond motifs is 1. The number of unbranched alkanes of at least 4 members (excludes halogenated alkanes) is 2. The molecule has 0 bridgehead atoms. The van der Waals surface area contributed by atoms with E-state index in [0.717, 1.165) is 42.2 Å². The van der Waals surface area contributed by atoms with E-state index in [1.165, 1.54) is 12.8 Å². The second-order valence-electron chi connectivity index (χ2n) is 4.08. The predicted molar refractivity (Wildman–Crippen MR) is 69.1 cm³/mol. The SMILES string of the molecule is CCCCCc1nc(NCC)c2[nH]cnc2n1. The van der Waals surface area contributed by atoms with Crippen LogP contribution in [-0.2, 0) is 6.42 Å². The lowest BCUT2D eigenvalue weighted by Crippen LogP contribution is -2.05. The molecular formula is C12H19N5. The van der Waals surface area contributed by atoms with Crippen LogP contribution in [-0.4, -0.2) is 26.5 Å². The number of hydrogen-bond donors (Lipinski definition) is 2. The Labute approximate surface area is 101 Å². The molecular weight excluding hydrogens is 214 g/mol. The predicted octanol–water partition coefficient (Wildman–Crippen LogP) is 2.52. The topological polar surface area (TPSA) is 66.5 Å². The van der Waals surface area contributed by atoms with Crippen molar-refractivity contribution in [1.29, 1.82) is 0 Å². The third-order valence-electron chi connectivity index (χ3n) is 2.68. The summed E-state index contributed by atoms with van der Waals surface area (Å²) < 4.78 is 0. The van der Waals surface area contributed by atoms with Gasteiger partial charge >= 0.3 is 0 Å². The van der Waals surface area contributed by atoms with E-state index in [2.05, 4.69) is 39.1 Å². The molecule has 2 aromatic heterocycles. The number of H-pyrrole nitrogens is 1. The molecule has 92 valence electrons. The summed E-state index contributed by atoms with van der Waals surface area (Å²) >= 11 is 0. The van der Waals surface area contributed by atoms with Gasteiger partial charge in [-0.25, -0.2) is 15.0 Å². The number of hydrogen-bond acceptors (Lipinski definition) is 4. The molecule has 2 heterocycles. The number of nitrogens with one attached hydrogen (secondary N) is 2. The van der Waals surface area contributed by atoms with Crippen LogP contribution in [0.25, 0.3) is 11.2 Å². The first kappa shape index (κ1) is 11.8. The van der Waals surface area contributed by atoms with E-state index in [0.29, 0.717) is 0 Å². The molecule has 0 aliphatic heterocycles. The second kappa shape index (κ2) is 5.61. The lowest BCUT2D eigenvalue weighted by molar-refractivity contribution is 0.696. The number of aromatic amines is 1. The van der Waals surface area contributed by atoms with Gasteiger partial charge in [-0.2, -0.15) is 0 Å². The fourth-order valence-corrected chi connectivity index (χ4v) is 1.82. The number of aromatic nitrogens is 4. The van der Waals surface area contributed by atoms with E-state index < -0.39 is 0 Å². The molecule has 0 radical (unpaired) electrons. The molecule has 0 spiro atoms. The Morgan fingerprint density at radius 1 is 1.24 bits per heavy atom. The lowest BCUT2D eigenvalue weighted by Gasteiger charge is -2.06. The normalized spacial score (nSPS) is 10.9. The highest BCUT2D eigenvalue weighted by Crippen LogP contribution is 2.17. The lowest BCUT2D eigenvalue weighted by atomic mass is 10.2. The van der Waals surface area contributed by atoms with Crippen molar-refractivity contribution in [2.24, 2.45) is 0 Å². The minimum atomic E-state index is 0.752. The highest BCUT2D eigenvalue weighted by Gasteiger charge is 2.08. The van der Waals surface area contributed by atoms with Crippen molar-refractivity contribution in [2.45, 2.75) is 39.5 Å². The van der Waals surface area contributed by atoms with Gasteiger partial charge in [0.1, 0.15) is 11.3 Å². The monoisotopic (exact) mass is 233 g/mol. The van der Waals surface area contributed by atoms with Gasteiger partial charge in [0.15, 0.2) is 11.5 Å². The van der Waals surface area contributed by atoms with Crippen LogP contribution in [0.5, 0.6) is 0 Å². The van der Waals surface area contributed by atoms with Gasteiger partial charge in [0.2, 0.25) is 0 Å². The van der Waals surface area contributed by atoms with E-state index in [4.69, 9.17) is 0 Å². The highest BCUT2D eigenvalue weighted by atomic mass is 15.1. The van der Waals surface area contributed by atoms with Gasteiger partial charge in [-0.05, 0) is 13.3 Å². The van der Waals surface area contributed by atoms with E-state index >= 15 is 0 Å². The number of rotatable bonds is 6. The fourth-order valence-electron chi connectivity index (χ4n) is 1.82. The quantitative estimate of drug-likeness (QED) is 0.752. The van der Waals surface area contributed by atoms with Gasteiger partial charge in [-0.15, -0.1) is 0 Å². The van der Waals surface area contributed by atoms with Crippen LogP contribution in [0.1, 0.15) is 38.9 Å². The Kier molecular flexibility index (Phi) is 3.90. The van der Waals surface area contributed by atoms with Crippen molar-refractivity contribution < 1.29 is 0 Å². The first-order chi connectivity index (χ1) is 8.35. The van der Waals surface area contributed by atoms with E-state index in [-0.39, 0.29) is 0 Å². The van der Waals surface area contributed by atoms with Crippen LogP contribution in [0.2, 0.25) is 0 Å². The average Bonchev–Trinajstić information content (AvgIpc) is 2.78. The van der Waals surface area contributed by atoms with Crippen molar-refractivity contribution in [3.63, 3.8) is 0 Å². The van der Waals surface area contributed by atoms with Crippen LogP contribution >= 0.6 is 0 Å². The van der Waals surface area contributed by atoms with Crippen LogP contribution in [0.3, 0.4) is 0 Å². The fraction of sp³-hybridized carbons (Fsp3) is 0.583. The summed E-state index contributed by atoms with van der Waals surface area (Å²) in [4.78, 5) is 16.3. The van der Waals surface area contributed by atoms with Gasteiger partial charge in [0.25, 0.3) is 0 Å². The molecule has 0 amide bonds. The standard InChI is InChI=1S/C12H19N5/c1-3-5-6-7-9-16-11(13-4-2)10-12(17-9)15-8-14-10/h8H,3-7H2,1-2H3,(H2,13,14,15,16,17). The summed E-state index contributed by atoms with van der Waals surface area (Å²) in [6.07, 6.45) is 6.16. The maximum Gasteiger partial charge on any atom is 0.183 e. The molecule has 0 atom stereocenters. The third-order valence-corrected chi connectivity index (χ3v) is 2.68. The minimum Gasteiger partial charge on any atom is -0.368 e. The number of aryl methyl sites for hydroxylation is 1. The number of imidazole rings is 1. The molecule has 0 aliphatic carbocycles. The number of nitrogens with zero attached hydrogens (tertiary/aromatic N) is 3. The van der Waals surface area contributed by atoms with Gasteiger partial charge in [0, 0.05) is 13.0 Å². The van der Waals surface area contributed by atoms with Crippen molar-refractivity contribution in [1.82, 2.24) is 19.9 Å². The summed E-state index contributed by atoms with van der Waals surface area (Å²) in [6.45, 7) is 5.10. The first-order valence-corrected chi connectivity index (χ1v) is 6.29. The minimum absolute atomic E-state index is 0.752. The molecule has 0 fully saturated rings. The van der Waals surface area contributed by atoms with Crippen molar-refractivity contribution in [3.8, 4) is 0 Å². The Morgan fingerprint density at radius 3 is 2.88 bits per heavy atom. The molecule has 0 saturated heterocycles. The molecule has 0 aliphatic rings. The van der Waals surface area contributed by atoms with Crippen LogP contribution in [0.15, 0.2) is 6.33 Å². The van der Waals surface area contributed by atoms with Gasteiger partial charge in [0.05, 0.1) is 6.33 Å². The van der Waals surface area contributed by atoms with Crippen molar-refractivity contribution >= 4 is 17.0 Å². The van der Waals surface area contributed by atoms with Crippen LogP contribution in [0.4, 0.5) is 5.82 Å². The Hall–Kier alpha value is -1.65. The molecule has 0 unspecified atom stereocenters. The molecule has 2 aromatic rings. The van der Waals surface area contributed by atoms with E-state index in [1.807, 2.05) is 0 Å². The van der Waals surface area contributed by atoms with Crippen molar-refractivity contribution in [2.75, 3.05) is 11.9 Å². The van der Waals surface area contributed by atoms with Gasteiger partial charge < -0.3 is 10.3 Å². The molecule has 0 saturated carbocycles. The molecule has 2 rings (SSSR count). The summed E-state index contributed by atoms with van der Waals surface area (Å²) in [5.74, 6) is 1.75. The molecule has 5 nitrogen and oxygen atoms in total. The summed E-state index contributed by atoms with van der Waals surface area (Å²) in [6, 6.07) is 0. The molecule has 0 aromatic carbocycles. The first-order valence-electron chi connectivity index (χ1n) is 6.29. The van der Waals surface area contributed by atoms with Gasteiger partial charge in [-0.1, -0.05) is 19.8 Å². The third kappa shape index (κ3) is 2.72. The zero-order valence-electron chi connectivity index (χ0n) is 10.5. The average molecular weight is 233 g/mol. The van der Waals surface area contributed by atoms with Crippen molar-refractivity contribution in [3.05, 3.63) is 12.2 Å². The smallest absolute Gasteiger partial charge is 0.183 e. The Morgan fingerprint density at radius 2 is 2.12 bits per heavy atom. The van der Waals surface area contributed by atoms with Gasteiger partial charge in [-0.3, -0.25) is 0 Å². The maximum atomic E-state index is 4.54. The summed E-state index contributed by atoms with van der Waals surface area (Å²) in [5, 5.41) is 3.25. The number of anilines is 1. The molecule has 2 N–H and O–H groups in total. The highest BCUT2D eigenvalue weighted by molar-refractivity contribution is 5.82. The Balaban J connectivity index is 2.24. The van der Waals surface area contributed by atoms with Crippen LogP contribution < -0.4 is 5.32 Å². The Bertz CT molecular complexity index is 477. The zero-order chi connectivity index (χ0) is 12.1. The maximum absolute atomic E-state index is 4.54. The second-order valence-corrected chi connectivity index (χ2v) is 4.08. The summed E-state index contributed by atoms with van der Waals surface area (Å²) in [7, 11) is 0. The molecule has 17 heavy (non-hydrogen) atoms. The van der Waals surface area contributed by atoms with E-state index in [9.17, 15) is 0 Å². The zero-order valence-corrected chi connectivity index (χ0v) is 10.5. The van der Waals surface area contributed by atoms with E-state index in [1.54, 1.807) is 6.33 Å². The summed E-state index contributed by atoms with van der Waals surface area (Å²) in [5.41, 5.74) is 1.65. The largest absolute Gasteiger partial charge is 0.368 e.